The molecule has 4 N–H and O–H groups in total. The zero-order chi connectivity index (χ0) is 21.6. The van der Waals surface area contributed by atoms with Crippen molar-refractivity contribution in [2.45, 2.75) is 38.8 Å². The summed E-state index contributed by atoms with van der Waals surface area (Å²) in [5.74, 6) is -4.25. The fourth-order valence-electron chi connectivity index (χ4n) is 3.02. The maximum atomic E-state index is 12.6. The van der Waals surface area contributed by atoms with Crippen molar-refractivity contribution in [1.82, 2.24) is 10.6 Å². The van der Waals surface area contributed by atoms with E-state index in [1.54, 1.807) is 13.8 Å². The van der Waals surface area contributed by atoms with Crippen molar-refractivity contribution in [2.75, 3.05) is 0 Å². The number of carbonyl (C=O) groups is 4. The molecule has 0 unspecified atom stereocenters. The van der Waals surface area contributed by atoms with E-state index in [0.717, 1.165) is 16.3 Å². The van der Waals surface area contributed by atoms with E-state index in [1.165, 1.54) is 0 Å². The average Bonchev–Trinajstić information content (AvgIpc) is 2.65. The molecular weight excluding hydrogens is 376 g/mol. The van der Waals surface area contributed by atoms with Crippen LogP contribution in [0.25, 0.3) is 10.8 Å². The Hall–Kier alpha value is -3.42. The van der Waals surface area contributed by atoms with Gasteiger partial charge in [-0.3, -0.25) is 14.4 Å². The Labute approximate surface area is 167 Å². The van der Waals surface area contributed by atoms with Crippen LogP contribution in [-0.2, 0) is 25.6 Å². The lowest BCUT2D eigenvalue weighted by Crippen LogP contribution is -2.54. The van der Waals surface area contributed by atoms with E-state index < -0.39 is 36.4 Å². The fourth-order valence-corrected chi connectivity index (χ4v) is 3.02. The Kier molecular flexibility index (Phi) is 7.30. The van der Waals surface area contributed by atoms with Gasteiger partial charge in [0, 0.05) is 0 Å². The highest BCUT2D eigenvalue weighted by molar-refractivity contribution is 5.94. The summed E-state index contributed by atoms with van der Waals surface area (Å²) in [6, 6.07) is 10.7. The first-order chi connectivity index (χ1) is 13.7. The minimum absolute atomic E-state index is 0.0509. The smallest absolute Gasteiger partial charge is 0.326 e. The Morgan fingerprint density at radius 1 is 0.931 bits per heavy atom. The summed E-state index contributed by atoms with van der Waals surface area (Å²) in [6.07, 6.45) is -0.703. The lowest BCUT2D eigenvalue weighted by atomic mass is 10.00. The number of benzene rings is 2. The number of hydrogen-bond donors (Lipinski definition) is 4. The molecule has 2 aromatic carbocycles. The molecule has 2 atom stereocenters. The van der Waals surface area contributed by atoms with Crippen LogP contribution in [0.5, 0.6) is 0 Å². The van der Waals surface area contributed by atoms with E-state index in [-0.39, 0.29) is 18.2 Å². The summed E-state index contributed by atoms with van der Waals surface area (Å²) >= 11 is 0. The van der Waals surface area contributed by atoms with Gasteiger partial charge in [0.2, 0.25) is 11.8 Å². The van der Waals surface area contributed by atoms with E-state index in [1.807, 2.05) is 42.5 Å². The van der Waals surface area contributed by atoms with Crippen LogP contribution in [0.2, 0.25) is 0 Å². The van der Waals surface area contributed by atoms with Crippen molar-refractivity contribution in [2.24, 2.45) is 5.92 Å². The normalized spacial score (nSPS) is 12.9. The first kappa shape index (κ1) is 21.9. The van der Waals surface area contributed by atoms with E-state index in [9.17, 15) is 19.2 Å². The van der Waals surface area contributed by atoms with Crippen LogP contribution < -0.4 is 10.6 Å². The second kappa shape index (κ2) is 9.68. The van der Waals surface area contributed by atoms with E-state index >= 15 is 0 Å². The van der Waals surface area contributed by atoms with Crippen LogP contribution in [0, 0.1) is 5.92 Å². The standard InChI is InChI=1S/C21H24N2O6/c1-12(2)19(20(27)22-16(21(28)29)11-18(25)26)23-17(24)10-14-8-5-7-13-6-3-4-9-15(13)14/h3-9,12,16,19H,10-11H2,1-2H3,(H,22,27)(H,23,24)(H,25,26)(H,28,29)/t16-,19-/m0/s1. The van der Waals surface area contributed by atoms with Gasteiger partial charge in [-0.15, -0.1) is 0 Å². The second-order valence-electron chi connectivity index (χ2n) is 7.10. The second-order valence-corrected chi connectivity index (χ2v) is 7.10. The molecule has 0 heterocycles. The number of carbonyl (C=O) groups excluding carboxylic acids is 2. The number of aliphatic carboxylic acids is 2. The van der Waals surface area contributed by atoms with Crippen molar-refractivity contribution in [3.05, 3.63) is 48.0 Å². The Bertz CT molecular complexity index is 919. The molecule has 0 saturated carbocycles. The summed E-state index contributed by atoms with van der Waals surface area (Å²) in [5.41, 5.74) is 0.804. The third-order valence-corrected chi connectivity index (χ3v) is 4.49. The molecule has 0 aliphatic rings. The average molecular weight is 400 g/mol. The fraction of sp³-hybridized carbons (Fsp3) is 0.333. The van der Waals surface area contributed by atoms with Gasteiger partial charge in [0.1, 0.15) is 12.1 Å². The molecule has 2 aromatic rings. The van der Waals surface area contributed by atoms with Crippen LogP contribution in [0.3, 0.4) is 0 Å². The van der Waals surface area contributed by atoms with Crippen molar-refractivity contribution in [1.29, 1.82) is 0 Å². The van der Waals surface area contributed by atoms with Crippen LogP contribution in [0.15, 0.2) is 42.5 Å². The number of hydrogen-bond acceptors (Lipinski definition) is 4. The molecule has 8 heteroatoms. The van der Waals surface area contributed by atoms with E-state index in [2.05, 4.69) is 10.6 Å². The Morgan fingerprint density at radius 2 is 1.59 bits per heavy atom. The van der Waals surface area contributed by atoms with Crippen LogP contribution in [0.1, 0.15) is 25.8 Å². The SMILES string of the molecule is CC(C)[C@H](NC(=O)Cc1cccc2ccccc12)C(=O)N[C@@H](CC(=O)O)C(=O)O. The Balaban J connectivity index is 2.11. The Morgan fingerprint density at radius 3 is 2.21 bits per heavy atom. The van der Waals surface area contributed by atoms with E-state index in [0.29, 0.717) is 0 Å². The topological polar surface area (TPSA) is 133 Å². The summed E-state index contributed by atoms with van der Waals surface area (Å²) in [6.45, 7) is 3.41. The van der Waals surface area contributed by atoms with Crippen LogP contribution >= 0.6 is 0 Å². The largest absolute Gasteiger partial charge is 0.481 e. The molecule has 0 aliphatic carbocycles. The molecular formula is C21H24N2O6. The third-order valence-electron chi connectivity index (χ3n) is 4.49. The summed E-state index contributed by atoms with van der Waals surface area (Å²) in [7, 11) is 0. The molecule has 29 heavy (non-hydrogen) atoms. The van der Waals surface area contributed by atoms with Gasteiger partial charge in [0.05, 0.1) is 12.8 Å². The van der Waals surface area contributed by atoms with Crippen molar-refractivity contribution in [3.63, 3.8) is 0 Å². The first-order valence-corrected chi connectivity index (χ1v) is 9.20. The lowest BCUT2D eigenvalue weighted by molar-refractivity contribution is -0.147. The summed E-state index contributed by atoms with van der Waals surface area (Å²) in [4.78, 5) is 47.1. The molecule has 0 aromatic heterocycles. The summed E-state index contributed by atoms with van der Waals surface area (Å²) < 4.78 is 0. The number of amides is 2. The van der Waals surface area contributed by atoms with Crippen molar-refractivity contribution in [3.8, 4) is 0 Å². The number of rotatable bonds is 9. The molecule has 154 valence electrons. The van der Waals surface area contributed by atoms with Gasteiger partial charge in [-0.25, -0.2) is 4.79 Å². The quantitative estimate of drug-likeness (QED) is 0.505. The molecule has 8 nitrogen and oxygen atoms in total. The van der Waals surface area contributed by atoms with Gasteiger partial charge in [0.15, 0.2) is 0 Å². The molecule has 0 spiro atoms. The highest BCUT2D eigenvalue weighted by Crippen LogP contribution is 2.19. The lowest BCUT2D eigenvalue weighted by Gasteiger charge is -2.23. The monoisotopic (exact) mass is 400 g/mol. The molecule has 0 radical (unpaired) electrons. The van der Waals surface area contributed by atoms with Gasteiger partial charge < -0.3 is 20.8 Å². The van der Waals surface area contributed by atoms with E-state index in [4.69, 9.17) is 10.2 Å². The molecule has 0 fully saturated rings. The third kappa shape index (κ3) is 6.03. The minimum Gasteiger partial charge on any atom is -0.481 e. The predicted octanol–water partition coefficient (Wildman–Crippen LogP) is 1.57. The van der Waals surface area contributed by atoms with Crippen LogP contribution in [0.4, 0.5) is 0 Å². The molecule has 0 saturated heterocycles. The number of nitrogens with one attached hydrogen (secondary N) is 2. The maximum Gasteiger partial charge on any atom is 0.326 e. The van der Waals surface area contributed by atoms with Crippen LogP contribution in [-0.4, -0.2) is 46.0 Å². The zero-order valence-corrected chi connectivity index (χ0v) is 16.2. The van der Waals surface area contributed by atoms with Gasteiger partial charge in [-0.2, -0.15) is 0 Å². The first-order valence-electron chi connectivity index (χ1n) is 9.20. The van der Waals surface area contributed by atoms with Crippen molar-refractivity contribution >= 4 is 34.5 Å². The molecule has 2 amide bonds. The van der Waals surface area contributed by atoms with Gasteiger partial charge >= 0.3 is 11.9 Å². The number of fused-ring (bicyclic) bond motifs is 1. The summed E-state index contributed by atoms with van der Waals surface area (Å²) in [5, 5.41) is 24.7. The predicted molar refractivity (Wildman–Crippen MR) is 106 cm³/mol. The van der Waals surface area contributed by atoms with Gasteiger partial charge in [-0.1, -0.05) is 56.3 Å². The van der Waals surface area contributed by atoms with Gasteiger partial charge in [-0.05, 0) is 22.3 Å². The van der Waals surface area contributed by atoms with Crippen molar-refractivity contribution < 1.29 is 29.4 Å². The minimum atomic E-state index is -1.57. The highest BCUT2D eigenvalue weighted by Gasteiger charge is 2.29. The number of carboxylic acids is 2. The molecule has 0 aliphatic heterocycles. The number of carboxylic acid groups (broad SMARTS) is 2. The highest BCUT2D eigenvalue weighted by atomic mass is 16.4. The van der Waals surface area contributed by atoms with Gasteiger partial charge in [0.25, 0.3) is 0 Å². The molecule has 2 rings (SSSR count). The molecule has 0 bridgehead atoms. The maximum absolute atomic E-state index is 12.6. The zero-order valence-electron chi connectivity index (χ0n) is 16.2.